The number of nitrogens with one attached hydrogen (secondary N) is 2. The van der Waals surface area contributed by atoms with Gasteiger partial charge in [-0.1, -0.05) is 12.1 Å². The molecule has 0 atom stereocenters. The fraction of sp³-hybridized carbons (Fsp3) is 0.394. The Hall–Kier alpha value is -4.07. The molecule has 13 heteroatoms. The van der Waals surface area contributed by atoms with E-state index in [1.807, 2.05) is 37.3 Å². The first-order chi connectivity index (χ1) is 22.0. The zero-order valence-electron chi connectivity index (χ0n) is 26.4. The summed E-state index contributed by atoms with van der Waals surface area (Å²) in [5.74, 6) is 1.23. The van der Waals surface area contributed by atoms with Crippen LogP contribution >= 0.6 is 11.3 Å². The van der Waals surface area contributed by atoms with E-state index in [-0.39, 0.29) is 17.2 Å². The summed E-state index contributed by atoms with van der Waals surface area (Å²) in [6, 6.07) is 13.3. The number of carbonyl (C=O) groups excluding carboxylic acids is 1. The number of nitrogens with zero attached hydrogens (tertiary/aromatic N) is 5. The van der Waals surface area contributed by atoms with Gasteiger partial charge in [0.25, 0.3) is 11.5 Å². The maximum Gasteiger partial charge on any atom is 0.274 e. The van der Waals surface area contributed by atoms with Gasteiger partial charge < -0.3 is 20.1 Å². The van der Waals surface area contributed by atoms with E-state index < -0.39 is 9.84 Å². The van der Waals surface area contributed by atoms with Crippen LogP contribution < -0.4 is 21.1 Å². The first-order valence-corrected chi connectivity index (χ1v) is 18.4. The van der Waals surface area contributed by atoms with Crippen molar-refractivity contribution in [1.82, 2.24) is 19.7 Å². The van der Waals surface area contributed by atoms with Crippen LogP contribution in [0.15, 0.2) is 53.5 Å². The summed E-state index contributed by atoms with van der Waals surface area (Å²) in [6.07, 6.45) is 7.50. The molecule has 3 aromatic heterocycles. The average molecular weight is 662 g/mol. The highest BCUT2D eigenvalue weighted by Crippen LogP contribution is 2.33. The van der Waals surface area contributed by atoms with Gasteiger partial charge in [-0.3, -0.25) is 14.5 Å². The maximum absolute atomic E-state index is 13.2. The van der Waals surface area contributed by atoms with Gasteiger partial charge in [-0.25, -0.2) is 8.42 Å². The summed E-state index contributed by atoms with van der Waals surface area (Å²) in [4.78, 5) is 32.6. The van der Waals surface area contributed by atoms with E-state index in [9.17, 15) is 18.0 Å². The predicted molar refractivity (Wildman–Crippen MR) is 184 cm³/mol. The number of anilines is 4. The van der Waals surface area contributed by atoms with Gasteiger partial charge >= 0.3 is 0 Å². The molecule has 11 nitrogen and oxygen atoms in total. The first kappa shape index (κ1) is 31.9. The van der Waals surface area contributed by atoms with Crippen molar-refractivity contribution < 1.29 is 13.2 Å². The molecule has 2 aliphatic rings. The van der Waals surface area contributed by atoms with Crippen LogP contribution in [0.1, 0.15) is 38.5 Å². The number of piperazine rings is 1. The summed E-state index contributed by atoms with van der Waals surface area (Å²) in [6.45, 7) is 5.45. The van der Waals surface area contributed by atoms with Gasteiger partial charge in [0.05, 0.1) is 10.6 Å². The lowest BCUT2D eigenvalue weighted by Gasteiger charge is -2.35. The molecule has 0 saturated carbocycles. The molecular weight excluding hydrogens is 623 g/mol. The van der Waals surface area contributed by atoms with Gasteiger partial charge in [0.15, 0.2) is 11.6 Å². The summed E-state index contributed by atoms with van der Waals surface area (Å²) in [7, 11) is -1.28. The molecule has 1 fully saturated rings. The van der Waals surface area contributed by atoms with Crippen molar-refractivity contribution in [2.45, 2.75) is 32.6 Å². The molecule has 4 aromatic rings. The van der Waals surface area contributed by atoms with Crippen molar-refractivity contribution in [3.05, 3.63) is 79.9 Å². The number of benzene rings is 1. The Bertz CT molecular complexity index is 1890. The van der Waals surface area contributed by atoms with Crippen LogP contribution in [0.5, 0.6) is 0 Å². The highest BCUT2D eigenvalue weighted by atomic mass is 32.2. The van der Waals surface area contributed by atoms with Gasteiger partial charge in [0.2, 0.25) is 0 Å². The predicted octanol–water partition coefficient (Wildman–Crippen LogP) is 4.25. The van der Waals surface area contributed by atoms with Crippen LogP contribution in [0.25, 0.3) is 11.1 Å². The topological polar surface area (TPSA) is 130 Å². The normalized spacial score (nSPS) is 15.4. The third-order valence-corrected chi connectivity index (χ3v) is 10.8. The highest BCUT2D eigenvalue weighted by molar-refractivity contribution is 7.90. The van der Waals surface area contributed by atoms with E-state index in [1.165, 1.54) is 34.1 Å². The summed E-state index contributed by atoms with van der Waals surface area (Å²) in [5.41, 5.74) is 4.82. The third-order valence-electron chi connectivity index (χ3n) is 8.68. The molecule has 2 N–H and O–H groups in total. The van der Waals surface area contributed by atoms with Crippen molar-refractivity contribution in [2.24, 2.45) is 7.05 Å². The molecule has 1 aromatic carbocycles. The van der Waals surface area contributed by atoms with Crippen molar-refractivity contribution in [3.8, 4) is 11.1 Å². The first-order valence-electron chi connectivity index (χ1n) is 15.5. The largest absolute Gasteiger partial charge is 0.353 e. The van der Waals surface area contributed by atoms with Crippen molar-refractivity contribution in [2.75, 3.05) is 60.3 Å². The minimum Gasteiger partial charge on any atom is -0.353 e. The number of aromatic nitrogens is 3. The Morgan fingerprint density at radius 2 is 1.78 bits per heavy atom. The van der Waals surface area contributed by atoms with E-state index in [4.69, 9.17) is 0 Å². The van der Waals surface area contributed by atoms with Crippen LogP contribution in [-0.2, 0) is 29.7 Å². The van der Waals surface area contributed by atoms with E-state index in [1.54, 1.807) is 36.7 Å². The number of aryl methyl sites for hydroxylation is 3. The lowest BCUT2D eigenvalue weighted by molar-refractivity contribution is 0.103. The fourth-order valence-electron chi connectivity index (χ4n) is 6.01. The van der Waals surface area contributed by atoms with E-state index in [0.717, 1.165) is 72.1 Å². The molecule has 4 heterocycles. The molecule has 46 heavy (non-hydrogen) atoms. The number of pyridine rings is 1. The van der Waals surface area contributed by atoms with Crippen LogP contribution in [0, 0.1) is 6.92 Å². The van der Waals surface area contributed by atoms with Gasteiger partial charge in [-0.2, -0.15) is 0 Å². The Balaban J connectivity index is 1.14. The minimum absolute atomic E-state index is 0.0988. The fourth-order valence-corrected chi connectivity index (χ4v) is 7.75. The van der Waals surface area contributed by atoms with Crippen LogP contribution in [0.2, 0.25) is 0 Å². The molecule has 6 rings (SSSR count). The van der Waals surface area contributed by atoms with Crippen LogP contribution in [0.3, 0.4) is 0 Å². The monoisotopic (exact) mass is 661 g/mol. The van der Waals surface area contributed by atoms with Gasteiger partial charge in [0, 0.05) is 68.4 Å². The Labute approximate surface area is 273 Å². The minimum atomic E-state index is -2.99. The summed E-state index contributed by atoms with van der Waals surface area (Å²) < 4.78 is 24.5. The molecule has 0 unspecified atom stereocenters. The lowest BCUT2D eigenvalue weighted by atomic mass is 9.99. The second kappa shape index (κ2) is 13.3. The number of amides is 1. The molecule has 1 saturated heterocycles. The Morgan fingerprint density at radius 3 is 2.50 bits per heavy atom. The number of carbonyl (C=O) groups is 1. The lowest BCUT2D eigenvalue weighted by Crippen LogP contribution is -2.47. The smallest absolute Gasteiger partial charge is 0.274 e. The number of thiophene rings is 1. The van der Waals surface area contributed by atoms with E-state index >= 15 is 0 Å². The maximum atomic E-state index is 13.2. The number of fused-ring (bicyclic) bond motifs is 1. The highest BCUT2D eigenvalue weighted by Gasteiger charge is 2.21. The second-order valence-corrected chi connectivity index (χ2v) is 15.5. The standard InChI is InChI=1S/C33H39N7O4S2/c1-22-25(8-6-9-26(22)35-32(41)29-20-23-7-4-5-10-28(23)45-29)24-19-27(33(42)38(2)21-24)34-30-11-12-31(37-36-30)40-15-13-39(14-16-40)17-18-46(3,43)44/h6,8-9,11-12,19-21H,4-5,7,10,13-18H2,1-3H3,(H,34,36)(H,35,41). The summed E-state index contributed by atoms with van der Waals surface area (Å²) >= 11 is 1.59. The molecule has 0 spiro atoms. The molecular formula is C33H39N7O4S2. The quantitative estimate of drug-likeness (QED) is 0.271. The number of rotatable bonds is 9. The molecule has 242 valence electrons. The van der Waals surface area contributed by atoms with Gasteiger partial charge in [0.1, 0.15) is 15.5 Å². The van der Waals surface area contributed by atoms with Crippen molar-refractivity contribution in [3.63, 3.8) is 0 Å². The number of sulfone groups is 1. The molecule has 1 aliphatic carbocycles. The van der Waals surface area contributed by atoms with Crippen molar-refractivity contribution >= 4 is 50.1 Å². The van der Waals surface area contributed by atoms with Crippen LogP contribution in [0.4, 0.5) is 23.0 Å². The second-order valence-electron chi connectivity index (χ2n) is 12.1. The van der Waals surface area contributed by atoms with Gasteiger partial charge in [-0.05, 0) is 79.6 Å². The average Bonchev–Trinajstić information content (AvgIpc) is 3.48. The van der Waals surface area contributed by atoms with E-state index in [2.05, 4.69) is 30.6 Å². The number of hydrogen-bond donors (Lipinski definition) is 2. The molecule has 1 aliphatic heterocycles. The Kier molecular flexibility index (Phi) is 9.25. The molecule has 0 bridgehead atoms. The molecule has 0 radical (unpaired) electrons. The SMILES string of the molecule is Cc1c(NC(=O)c2cc3c(s2)CCCC3)cccc1-c1cc(Nc2ccc(N3CCN(CCS(C)(=O)=O)CC3)nn2)c(=O)n(C)c1. The zero-order chi connectivity index (χ0) is 32.4. The van der Waals surface area contributed by atoms with Gasteiger partial charge in [-0.15, -0.1) is 21.5 Å². The van der Waals surface area contributed by atoms with E-state index in [0.29, 0.717) is 18.1 Å². The third kappa shape index (κ3) is 7.32. The van der Waals surface area contributed by atoms with Crippen molar-refractivity contribution in [1.29, 1.82) is 0 Å². The van der Waals surface area contributed by atoms with Crippen LogP contribution in [-0.4, -0.2) is 78.7 Å². The summed E-state index contributed by atoms with van der Waals surface area (Å²) in [5, 5.41) is 15.0. The Morgan fingerprint density at radius 1 is 1.00 bits per heavy atom. The molecule has 1 amide bonds. The zero-order valence-corrected chi connectivity index (χ0v) is 28.0. The number of hydrogen-bond acceptors (Lipinski definition) is 10.